The summed E-state index contributed by atoms with van der Waals surface area (Å²) in [5.74, 6) is -0.112. The number of Topliss-reactive ketones (excluding diaryl/α,β-unsaturated/α-hetero) is 2. The molecule has 0 aromatic rings. The summed E-state index contributed by atoms with van der Waals surface area (Å²) in [7, 11) is 0. The van der Waals surface area contributed by atoms with Crippen LogP contribution in [-0.2, 0) is 33.4 Å². The van der Waals surface area contributed by atoms with Crippen molar-refractivity contribution >= 4 is 23.5 Å². The van der Waals surface area contributed by atoms with Gasteiger partial charge in [0.05, 0.1) is 25.0 Å². The van der Waals surface area contributed by atoms with E-state index in [0.717, 1.165) is 64.2 Å². The first-order valence-corrected chi connectivity index (χ1v) is 12.8. The highest BCUT2D eigenvalue weighted by Crippen LogP contribution is 2.28. The number of carbonyl (C=O) groups excluding carboxylic acids is 4. The molecule has 7 nitrogen and oxygen atoms in total. The largest absolute Gasteiger partial charge is 0.463 e. The van der Waals surface area contributed by atoms with Crippen molar-refractivity contribution in [2.24, 2.45) is 23.7 Å². The number of ether oxygens (including phenoxy) is 3. The van der Waals surface area contributed by atoms with Gasteiger partial charge in [-0.3, -0.25) is 19.2 Å². The van der Waals surface area contributed by atoms with Gasteiger partial charge < -0.3 is 14.2 Å². The molecule has 0 aromatic carbocycles. The first-order chi connectivity index (χ1) is 15.9. The minimum Gasteiger partial charge on any atom is -0.463 e. The van der Waals surface area contributed by atoms with E-state index in [0.29, 0.717) is 12.8 Å². The van der Waals surface area contributed by atoms with E-state index in [1.54, 1.807) is 13.8 Å². The van der Waals surface area contributed by atoms with Gasteiger partial charge in [-0.05, 0) is 65.2 Å². The van der Waals surface area contributed by atoms with E-state index in [2.05, 4.69) is 0 Å². The summed E-state index contributed by atoms with van der Waals surface area (Å²) < 4.78 is 16.2. The lowest BCUT2D eigenvalue weighted by Gasteiger charge is -2.22. The molecule has 0 heterocycles. The molecule has 0 saturated heterocycles. The summed E-state index contributed by atoms with van der Waals surface area (Å²) in [5.41, 5.74) is 0. The topological polar surface area (TPSA) is 96.0 Å². The van der Waals surface area contributed by atoms with E-state index in [1.165, 1.54) is 0 Å². The fraction of sp³-hybridized carbons (Fsp3) is 0.846. The van der Waals surface area contributed by atoms with Crippen LogP contribution < -0.4 is 0 Å². The Labute approximate surface area is 198 Å². The molecule has 0 amide bonds. The zero-order chi connectivity index (χ0) is 24.1. The maximum absolute atomic E-state index is 12.4. The second-order valence-corrected chi connectivity index (χ2v) is 9.68. The van der Waals surface area contributed by atoms with Crippen molar-refractivity contribution in [3.05, 3.63) is 0 Å². The summed E-state index contributed by atoms with van der Waals surface area (Å²) in [4.78, 5) is 48.0. The normalized spacial score (nSPS) is 26.7. The van der Waals surface area contributed by atoms with Gasteiger partial charge in [0, 0.05) is 11.8 Å². The highest BCUT2D eigenvalue weighted by Gasteiger charge is 2.26. The van der Waals surface area contributed by atoms with Crippen LogP contribution in [-0.4, -0.2) is 49.9 Å². The maximum Gasteiger partial charge on any atom is 0.309 e. The second-order valence-electron chi connectivity index (χ2n) is 9.68. The van der Waals surface area contributed by atoms with Gasteiger partial charge in [0.2, 0.25) is 0 Å². The van der Waals surface area contributed by atoms with Crippen molar-refractivity contribution in [1.82, 2.24) is 0 Å². The Balaban J connectivity index is 1.56. The van der Waals surface area contributed by atoms with Crippen LogP contribution in [0.15, 0.2) is 0 Å². The van der Waals surface area contributed by atoms with Crippen molar-refractivity contribution in [3.8, 4) is 0 Å². The number of hydrogen-bond acceptors (Lipinski definition) is 7. The molecule has 0 unspecified atom stereocenters. The van der Waals surface area contributed by atoms with Crippen LogP contribution >= 0.6 is 0 Å². The molecule has 0 N–H and O–H groups in total. The third-order valence-corrected chi connectivity index (χ3v) is 7.20. The highest BCUT2D eigenvalue weighted by molar-refractivity contribution is 5.79. The number of rotatable bonds is 10. The highest BCUT2D eigenvalue weighted by atomic mass is 16.6. The molecule has 188 valence electrons. The van der Waals surface area contributed by atoms with Crippen LogP contribution in [0.25, 0.3) is 0 Å². The van der Waals surface area contributed by atoms with Crippen LogP contribution in [0.1, 0.15) is 90.9 Å². The molecule has 2 aliphatic carbocycles. The fourth-order valence-corrected chi connectivity index (χ4v) is 4.97. The van der Waals surface area contributed by atoms with Crippen LogP contribution in [0.2, 0.25) is 0 Å². The predicted molar refractivity (Wildman–Crippen MR) is 123 cm³/mol. The van der Waals surface area contributed by atoms with Gasteiger partial charge in [0.15, 0.2) is 0 Å². The van der Waals surface area contributed by atoms with E-state index in [1.807, 2.05) is 0 Å². The molecule has 0 bridgehead atoms. The Kier molecular flexibility index (Phi) is 12.7. The monoisotopic (exact) mass is 466 g/mol. The molecule has 2 fully saturated rings. The average Bonchev–Trinajstić information content (AvgIpc) is 2.72. The molecule has 2 saturated carbocycles. The third-order valence-electron chi connectivity index (χ3n) is 7.20. The quantitative estimate of drug-likeness (QED) is 0.347. The molecule has 0 aliphatic heterocycles. The Morgan fingerprint density at radius 3 is 1.21 bits per heavy atom. The Bertz CT molecular complexity index is 591. The molecule has 33 heavy (non-hydrogen) atoms. The predicted octanol–water partition coefficient (Wildman–Crippen LogP) is 4.44. The molecule has 0 aromatic heterocycles. The van der Waals surface area contributed by atoms with Gasteiger partial charge in [0.25, 0.3) is 0 Å². The lowest BCUT2D eigenvalue weighted by Crippen LogP contribution is -2.25. The van der Waals surface area contributed by atoms with E-state index >= 15 is 0 Å². The molecule has 4 atom stereocenters. The SMILES string of the molecule is CC(=O)[C@@H]1CCCC[C@@H](C(=O)OCCOCCOC(=O)[C@H]2CCCC[C@H](C(C)=O)CC2)CC1. The van der Waals surface area contributed by atoms with Crippen molar-refractivity contribution in [2.45, 2.75) is 90.9 Å². The van der Waals surface area contributed by atoms with Crippen LogP contribution in [0.4, 0.5) is 0 Å². The first kappa shape index (κ1) is 27.5. The molecule has 7 heteroatoms. The smallest absolute Gasteiger partial charge is 0.309 e. The Hall–Kier alpha value is -1.76. The average molecular weight is 467 g/mol. The van der Waals surface area contributed by atoms with Crippen LogP contribution in [0.3, 0.4) is 0 Å². The minimum absolute atomic E-state index is 0.0737. The van der Waals surface area contributed by atoms with Gasteiger partial charge in [-0.2, -0.15) is 0 Å². The lowest BCUT2D eigenvalue weighted by atomic mass is 9.84. The van der Waals surface area contributed by atoms with Gasteiger partial charge in [0.1, 0.15) is 24.8 Å². The molecule has 2 aliphatic rings. The minimum atomic E-state index is -0.206. The van der Waals surface area contributed by atoms with Crippen LogP contribution in [0, 0.1) is 23.7 Å². The lowest BCUT2D eigenvalue weighted by molar-refractivity contribution is -0.152. The standard InChI is InChI=1S/C26H42O7/c1-19(27)21-7-3-5-9-23(13-11-21)25(29)32-17-15-31-16-18-33-26(30)24-10-6-4-8-22(12-14-24)20(2)28/h21-24H,3-18H2,1-2H3/t21-,22+,23-,24+. The number of ketones is 2. The van der Waals surface area contributed by atoms with E-state index < -0.39 is 0 Å². The van der Waals surface area contributed by atoms with Gasteiger partial charge in [-0.1, -0.05) is 25.7 Å². The van der Waals surface area contributed by atoms with E-state index in [9.17, 15) is 19.2 Å². The summed E-state index contributed by atoms with van der Waals surface area (Å²) >= 11 is 0. The van der Waals surface area contributed by atoms with E-state index in [4.69, 9.17) is 14.2 Å². The summed E-state index contributed by atoms with van der Waals surface area (Å²) in [6.45, 7) is 4.14. The Morgan fingerprint density at radius 2 is 0.848 bits per heavy atom. The molecule has 2 rings (SSSR count). The molecule has 0 radical (unpaired) electrons. The molecule has 0 spiro atoms. The van der Waals surface area contributed by atoms with Gasteiger partial charge in [-0.15, -0.1) is 0 Å². The van der Waals surface area contributed by atoms with Crippen molar-refractivity contribution < 1.29 is 33.4 Å². The fourth-order valence-electron chi connectivity index (χ4n) is 4.97. The summed E-state index contributed by atoms with van der Waals surface area (Å²) in [6.07, 6.45) is 10.3. The van der Waals surface area contributed by atoms with Crippen molar-refractivity contribution in [1.29, 1.82) is 0 Å². The third kappa shape index (κ3) is 10.4. The zero-order valence-electron chi connectivity index (χ0n) is 20.5. The Morgan fingerprint density at radius 1 is 0.515 bits per heavy atom. The number of hydrogen-bond donors (Lipinski definition) is 0. The molecular formula is C26H42O7. The maximum atomic E-state index is 12.4. The van der Waals surface area contributed by atoms with Crippen molar-refractivity contribution in [2.75, 3.05) is 26.4 Å². The number of carbonyl (C=O) groups is 4. The van der Waals surface area contributed by atoms with Crippen LogP contribution in [0.5, 0.6) is 0 Å². The van der Waals surface area contributed by atoms with E-state index in [-0.39, 0.29) is 73.6 Å². The second kappa shape index (κ2) is 15.2. The number of esters is 2. The van der Waals surface area contributed by atoms with Gasteiger partial charge >= 0.3 is 11.9 Å². The molecular weight excluding hydrogens is 424 g/mol. The van der Waals surface area contributed by atoms with Gasteiger partial charge in [-0.25, -0.2) is 0 Å². The zero-order valence-corrected chi connectivity index (χ0v) is 20.5. The summed E-state index contributed by atoms with van der Waals surface area (Å²) in [6, 6.07) is 0. The summed E-state index contributed by atoms with van der Waals surface area (Å²) in [5, 5.41) is 0. The van der Waals surface area contributed by atoms with Crippen molar-refractivity contribution in [3.63, 3.8) is 0 Å². The first-order valence-electron chi connectivity index (χ1n) is 12.8.